The van der Waals surface area contributed by atoms with Crippen LogP contribution < -0.4 is 5.32 Å². The molecule has 3 aromatic rings. The van der Waals surface area contributed by atoms with Gasteiger partial charge in [0, 0.05) is 24.0 Å². The highest BCUT2D eigenvalue weighted by Gasteiger charge is 2.25. The Morgan fingerprint density at radius 1 is 1.00 bits per heavy atom. The normalized spacial score (nSPS) is 15.4. The van der Waals surface area contributed by atoms with Crippen molar-refractivity contribution in [1.29, 1.82) is 0 Å². The first-order valence-corrected chi connectivity index (χ1v) is 12.4. The van der Waals surface area contributed by atoms with Gasteiger partial charge in [-0.1, -0.05) is 37.1 Å². The predicted octanol–water partition coefficient (Wildman–Crippen LogP) is 4.77. The van der Waals surface area contributed by atoms with Gasteiger partial charge in [-0.3, -0.25) is 10.1 Å². The van der Waals surface area contributed by atoms with Gasteiger partial charge in [0.25, 0.3) is 5.91 Å². The molecule has 0 unspecified atom stereocenters. The van der Waals surface area contributed by atoms with E-state index in [4.69, 9.17) is 0 Å². The van der Waals surface area contributed by atoms with E-state index in [0.29, 0.717) is 23.9 Å². The Kier molecular flexibility index (Phi) is 6.45. The minimum atomic E-state index is -3.51. The fourth-order valence-electron chi connectivity index (χ4n) is 3.50. The van der Waals surface area contributed by atoms with E-state index < -0.39 is 21.7 Å². The average Bonchev–Trinajstić information content (AvgIpc) is 3.05. The lowest BCUT2D eigenvalue weighted by Gasteiger charge is -2.19. The topological polar surface area (TPSA) is 79.4 Å². The van der Waals surface area contributed by atoms with E-state index in [2.05, 4.69) is 10.3 Å². The summed E-state index contributed by atoms with van der Waals surface area (Å²) in [4.78, 5) is 16.9. The van der Waals surface area contributed by atoms with Crippen LogP contribution in [-0.4, -0.2) is 36.7 Å². The van der Waals surface area contributed by atoms with Gasteiger partial charge in [-0.15, -0.1) is 11.3 Å². The number of amides is 1. The van der Waals surface area contributed by atoms with Crippen molar-refractivity contribution in [3.63, 3.8) is 0 Å². The van der Waals surface area contributed by atoms with Crippen LogP contribution >= 0.6 is 11.3 Å². The van der Waals surface area contributed by atoms with Crippen LogP contribution in [0.15, 0.2) is 58.8 Å². The smallest absolute Gasteiger partial charge is 0.260 e. The first kappa shape index (κ1) is 21.6. The highest BCUT2D eigenvalue weighted by molar-refractivity contribution is 7.89. The SMILES string of the molecule is O=C(Nc1nc(-c2ccc(S(=O)(=O)N3CCCCCC3)cc2)cs1)c1ccccc1F. The standard InChI is InChI=1S/C22H22FN3O3S2/c23-19-8-4-3-7-18(19)21(27)25-22-24-20(15-30-22)16-9-11-17(12-10-16)31(28,29)26-13-5-1-2-6-14-26/h3-4,7-12,15H,1-2,5-6,13-14H2,(H,24,25,27). The maximum Gasteiger partial charge on any atom is 0.260 e. The number of benzene rings is 2. The van der Waals surface area contributed by atoms with Gasteiger partial charge < -0.3 is 0 Å². The first-order chi connectivity index (χ1) is 14.9. The Morgan fingerprint density at radius 2 is 1.68 bits per heavy atom. The molecule has 0 saturated carbocycles. The van der Waals surface area contributed by atoms with E-state index >= 15 is 0 Å². The van der Waals surface area contributed by atoms with Gasteiger partial charge >= 0.3 is 0 Å². The third-order valence-electron chi connectivity index (χ3n) is 5.20. The highest BCUT2D eigenvalue weighted by Crippen LogP contribution is 2.27. The number of aromatic nitrogens is 1. The number of nitrogens with zero attached hydrogens (tertiary/aromatic N) is 2. The fraction of sp³-hybridized carbons (Fsp3) is 0.273. The van der Waals surface area contributed by atoms with Gasteiger partial charge in [0.2, 0.25) is 10.0 Å². The summed E-state index contributed by atoms with van der Waals surface area (Å²) in [7, 11) is -3.51. The molecule has 1 amide bonds. The van der Waals surface area contributed by atoms with E-state index in [9.17, 15) is 17.6 Å². The summed E-state index contributed by atoms with van der Waals surface area (Å²) in [6, 6.07) is 12.3. The van der Waals surface area contributed by atoms with Crippen LogP contribution in [0.2, 0.25) is 0 Å². The van der Waals surface area contributed by atoms with Crippen molar-refractivity contribution in [1.82, 2.24) is 9.29 Å². The van der Waals surface area contributed by atoms with Crippen LogP contribution in [0, 0.1) is 5.82 Å². The molecule has 1 aromatic heterocycles. The van der Waals surface area contributed by atoms with E-state index in [1.54, 1.807) is 40.0 Å². The second-order valence-electron chi connectivity index (χ2n) is 7.31. The number of hydrogen-bond donors (Lipinski definition) is 1. The first-order valence-electron chi connectivity index (χ1n) is 10.1. The van der Waals surface area contributed by atoms with Gasteiger partial charge in [0.05, 0.1) is 16.2 Å². The third-order valence-corrected chi connectivity index (χ3v) is 7.87. The lowest BCUT2D eigenvalue weighted by atomic mass is 10.2. The second kappa shape index (κ2) is 9.25. The molecule has 4 rings (SSSR count). The van der Waals surface area contributed by atoms with E-state index in [1.165, 1.54) is 29.5 Å². The number of nitrogens with one attached hydrogen (secondary N) is 1. The van der Waals surface area contributed by atoms with Crippen LogP contribution in [0.25, 0.3) is 11.3 Å². The zero-order valence-electron chi connectivity index (χ0n) is 16.8. The maximum absolute atomic E-state index is 13.8. The van der Waals surface area contributed by atoms with Crippen molar-refractivity contribution >= 4 is 32.4 Å². The minimum absolute atomic E-state index is 0.0534. The molecular weight excluding hydrogens is 437 g/mol. The summed E-state index contributed by atoms with van der Waals surface area (Å²) in [6.45, 7) is 1.11. The summed E-state index contributed by atoms with van der Waals surface area (Å²) < 4.78 is 41.2. The molecular formula is C22H22FN3O3S2. The van der Waals surface area contributed by atoms with E-state index in [1.807, 2.05) is 0 Å². The van der Waals surface area contributed by atoms with Crippen LogP contribution in [0.5, 0.6) is 0 Å². The second-order valence-corrected chi connectivity index (χ2v) is 10.1. The molecule has 1 aliphatic rings. The van der Waals surface area contributed by atoms with Crippen molar-refractivity contribution in [2.24, 2.45) is 0 Å². The largest absolute Gasteiger partial charge is 0.298 e. The van der Waals surface area contributed by atoms with Gasteiger partial charge in [-0.25, -0.2) is 17.8 Å². The van der Waals surface area contributed by atoms with Crippen molar-refractivity contribution in [2.75, 3.05) is 18.4 Å². The molecule has 0 bridgehead atoms. The number of carbonyl (C=O) groups is 1. The zero-order valence-corrected chi connectivity index (χ0v) is 18.4. The number of halogens is 1. The Morgan fingerprint density at radius 3 is 2.35 bits per heavy atom. The molecule has 1 saturated heterocycles. The molecule has 9 heteroatoms. The van der Waals surface area contributed by atoms with Gasteiger partial charge in [-0.2, -0.15) is 4.31 Å². The van der Waals surface area contributed by atoms with Gasteiger partial charge in [0.15, 0.2) is 5.13 Å². The monoisotopic (exact) mass is 459 g/mol. The summed E-state index contributed by atoms with van der Waals surface area (Å²) in [5, 5.41) is 4.70. The molecule has 0 aliphatic carbocycles. The molecule has 0 atom stereocenters. The van der Waals surface area contributed by atoms with Crippen LogP contribution in [-0.2, 0) is 10.0 Å². The molecule has 1 N–H and O–H groups in total. The van der Waals surface area contributed by atoms with E-state index in [0.717, 1.165) is 31.2 Å². The molecule has 1 fully saturated rings. The quantitative estimate of drug-likeness (QED) is 0.596. The number of thiazole rings is 1. The van der Waals surface area contributed by atoms with Crippen LogP contribution in [0.4, 0.5) is 9.52 Å². The molecule has 0 spiro atoms. The number of anilines is 1. The number of carbonyl (C=O) groups excluding carboxylic acids is 1. The summed E-state index contributed by atoms with van der Waals surface area (Å²) in [5.74, 6) is -1.17. The molecule has 1 aliphatic heterocycles. The summed E-state index contributed by atoms with van der Waals surface area (Å²) in [6.07, 6.45) is 3.89. The number of rotatable bonds is 5. The molecule has 2 heterocycles. The number of hydrogen-bond acceptors (Lipinski definition) is 5. The Labute approximate surface area is 184 Å². The summed E-state index contributed by atoms with van der Waals surface area (Å²) >= 11 is 1.22. The third kappa shape index (κ3) is 4.84. The lowest BCUT2D eigenvalue weighted by Crippen LogP contribution is -2.31. The van der Waals surface area contributed by atoms with Crippen molar-refractivity contribution in [3.05, 3.63) is 65.3 Å². The zero-order chi connectivity index (χ0) is 21.8. The Bertz CT molecular complexity index is 1170. The summed E-state index contributed by atoms with van der Waals surface area (Å²) in [5.41, 5.74) is 1.28. The van der Waals surface area contributed by atoms with Gasteiger partial charge in [-0.05, 0) is 37.1 Å². The van der Waals surface area contributed by atoms with Gasteiger partial charge in [0.1, 0.15) is 5.82 Å². The lowest BCUT2D eigenvalue weighted by molar-refractivity contribution is 0.102. The Balaban J connectivity index is 1.48. The predicted molar refractivity (Wildman–Crippen MR) is 119 cm³/mol. The van der Waals surface area contributed by atoms with Crippen molar-refractivity contribution in [2.45, 2.75) is 30.6 Å². The molecule has 31 heavy (non-hydrogen) atoms. The molecule has 0 radical (unpaired) electrons. The van der Waals surface area contributed by atoms with Crippen molar-refractivity contribution in [3.8, 4) is 11.3 Å². The molecule has 2 aromatic carbocycles. The Hall–Kier alpha value is -2.62. The number of sulfonamides is 1. The molecule has 162 valence electrons. The maximum atomic E-state index is 13.8. The fourth-order valence-corrected chi connectivity index (χ4v) is 5.73. The minimum Gasteiger partial charge on any atom is -0.298 e. The van der Waals surface area contributed by atoms with Crippen molar-refractivity contribution < 1.29 is 17.6 Å². The van der Waals surface area contributed by atoms with Crippen LogP contribution in [0.3, 0.4) is 0 Å². The molecule has 6 nitrogen and oxygen atoms in total. The highest BCUT2D eigenvalue weighted by atomic mass is 32.2. The van der Waals surface area contributed by atoms with Crippen LogP contribution in [0.1, 0.15) is 36.0 Å². The average molecular weight is 460 g/mol. The van der Waals surface area contributed by atoms with E-state index in [-0.39, 0.29) is 10.5 Å².